The van der Waals surface area contributed by atoms with Crippen LogP contribution in [0.25, 0.3) is 10.9 Å². The molecule has 0 aliphatic heterocycles. The van der Waals surface area contributed by atoms with E-state index in [-0.39, 0.29) is 35.4 Å². The second kappa shape index (κ2) is 9.96. The van der Waals surface area contributed by atoms with Crippen LogP contribution in [0.4, 0.5) is 4.39 Å². The molecule has 1 aromatic heterocycles. The SMILES string of the molecule is CCNC(=NCC(C)(C)OC)NCCc1c[nH]c2cc(F)ccc12.I. The third-order valence-corrected chi connectivity index (χ3v) is 3.93. The molecule has 0 saturated heterocycles. The zero-order valence-corrected chi connectivity index (χ0v) is 17.6. The van der Waals surface area contributed by atoms with E-state index in [4.69, 9.17) is 4.74 Å². The summed E-state index contributed by atoms with van der Waals surface area (Å²) < 4.78 is 18.6. The summed E-state index contributed by atoms with van der Waals surface area (Å²) in [5, 5.41) is 7.61. The topological polar surface area (TPSA) is 61.4 Å². The van der Waals surface area contributed by atoms with Crippen molar-refractivity contribution >= 4 is 40.8 Å². The number of hydrogen-bond acceptors (Lipinski definition) is 2. The maximum atomic E-state index is 13.2. The van der Waals surface area contributed by atoms with Crippen LogP contribution in [0.1, 0.15) is 26.3 Å². The van der Waals surface area contributed by atoms with Gasteiger partial charge in [0.2, 0.25) is 0 Å². The van der Waals surface area contributed by atoms with Crippen molar-refractivity contribution in [1.29, 1.82) is 0 Å². The molecule has 0 saturated carbocycles. The van der Waals surface area contributed by atoms with Gasteiger partial charge in [0.05, 0.1) is 12.1 Å². The molecule has 2 aromatic rings. The lowest BCUT2D eigenvalue weighted by Crippen LogP contribution is -2.40. The highest BCUT2D eigenvalue weighted by molar-refractivity contribution is 14.0. The van der Waals surface area contributed by atoms with Gasteiger partial charge in [-0.2, -0.15) is 0 Å². The highest BCUT2D eigenvalue weighted by atomic mass is 127. The Kier molecular flexibility index (Phi) is 8.64. The lowest BCUT2D eigenvalue weighted by Gasteiger charge is -2.21. The molecular formula is C18H28FIN4O. The van der Waals surface area contributed by atoms with Crippen LogP contribution in [0.2, 0.25) is 0 Å². The Morgan fingerprint density at radius 3 is 2.76 bits per heavy atom. The van der Waals surface area contributed by atoms with E-state index in [0.29, 0.717) is 6.54 Å². The van der Waals surface area contributed by atoms with Crippen molar-refractivity contribution < 1.29 is 9.13 Å². The lowest BCUT2D eigenvalue weighted by molar-refractivity contribution is 0.0310. The highest BCUT2D eigenvalue weighted by Crippen LogP contribution is 2.19. The number of benzene rings is 1. The first-order valence-corrected chi connectivity index (χ1v) is 8.28. The van der Waals surface area contributed by atoms with Crippen molar-refractivity contribution in [1.82, 2.24) is 15.6 Å². The van der Waals surface area contributed by atoms with Crippen LogP contribution in [0.15, 0.2) is 29.4 Å². The van der Waals surface area contributed by atoms with E-state index < -0.39 is 0 Å². The molecule has 0 unspecified atom stereocenters. The number of methoxy groups -OCH3 is 1. The van der Waals surface area contributed by atoms with Crippen LogP contribution in [0.5, 0.6) is 0 Å². The molecule has 0 atom stereocenters. The molecule has 140 valence electrons. The molecule has 1 heterocycles. The normalized spacial score (nSPS) is 12.1. The van der Waals surface area contributed by atoms with Crippen LogP contribution in [-0.2, 0) is 11.2 Å². The fourth-order valence-electron chi connectivity index (χ4n) is 2.36. The summed E-state index contributed by atoms with van der Waals surface area (Å²) in [6, 6.07) is 4.83. The van der Waals surface area contributed by atoms with Crippen molar-refractivity contribution in [3.63, 3.8) is 0 Å². The number of aromatic amines is 1. The van der Waals surface area contributed by atoms with Gasteiger partial charge in [-0.25, -0.2) is 4.39 Å². The first-order chi connectivity index (χ1) is 11.4. The lowest BCUT2D eigenvalue weighted by atomic mass is 10.1. The van der Waals surface area contributed by atoms with E-state index in [1.165, 1.54) is 12.1 Å². The minimum atomic E-state index is -0.288. The monoisotopic (exact) mass is 462 g/mol. The van der Waals surface area contributed by atoms with E-state index in [9.17, 15) is 4.39 Å². The van der Waals surface area contributed by atoms with Crippen molar-refractivity contribution in [3.8, 4) is 0 Å². The van der Waals surface area contributed by atoms with Crippen molar-refractivity contribution in [2.75, 3.05) is 26.7 Å². The number of halogens is 2. The van der Waals surface area contributed by atoms with Crippen molar-refractivity contribution in [3.05, 3.63) is 35.8 Å². The quantitative estimate of drug-likeness (QED) is 0.336. The Hall–Kier alpha value is -1.35. The molecule has 0 aliphatic rings. The number of H-pyrrole nitrogens is 1. The molecule has 7 heteroatoms. The summed E-state index contributed by atoms with van der Waals surface area (Å²) in [6.07, 6.45) is 2.76. The van der Waals surface area contributed by atoms with Gasteiger partial charge < -0.3 is 20.4 Å². The number of rotatable bonds is 7. The summed E-state index contributed by atoms with van der Waals surface area (Å²) in [5.74, 6) is 0.546. The third kappa shape index (κ3) is 6.47. The molecule has 5 nitrogen and oxygen atoms in total. The van der Waals surface area contributed by atoms with Gasteiger partial charge in [0.25, 0.3) is 0 Å². The number of aliphatic imine (C=N–C) groups is 1. The van der Waals surface area contributed by atoms with Crippen LogP contribution < -0.4 is 10.6 Å². The molecule has 0 aliphatic carbocycles. The van der Waals surface area contributed by atoms with Crippen LogP contribution >= 0.6 is 24.0 Å². The highest BCUT2D eigenvalue weighted by Gasteiger charge is 2.15. The van der Waals surface area contributed by atoms with Crippen LogP contribution in [-0.4, -0.2) is 43.3 Å². The van der Waals surface area contributed by atoms with Crippen LogP contribution in [0.3, 0.4) is 0 Å². The maximum Gasteiger partial charge on any atom is 0.191 e. The fraction of sp³-hybridized carbons (Fsp3) is 0.500. The average molecular weight is 462 g/mol. The van der Waals surface area contributed by atoms with Crippen LogP contribution in [0, 0.1) is 5.82 Å². The third-order valence-electron chi connectivity index (χ3n) is 3.93. The summed E-state index contributed by atoms with van der Waals surface area (Å²) in [6.45, 7) is 8.16. The smallest absolute Gasteiger partial charge is 0.191 e. The van der Waals surface area contributed by atoms with Gasteiger partial charge in [-0.3, -0.25) is 4.99 Å². The Morgan fingerprint density at radius 2 is 2.08 bits per heavy atom. The predicted octanol–water partition coefficient (Wildman–Crippen LogP) is 3.45. The number of nitrogens with zero attached hydrogens (tertiary/aromatic N) is 1. The number of aromatic nitrogens is 1. The van der Waals surface area contributed by atoms with Crippen molar-refractivity contribution in [2.24, 2.45) is 4.99 Å². The minimum Gasteiger partial charge on any atom is -0.377 e. The Bertz CT molecular complexity index is 699. The van der Waals surface area contributed by atoms with E-state index in [1.54, 1.807) is 7.11 Å². The van der Waals surface area contributed by atoms with E-state index >= 15 is 0 Å². The zero-order chi connectivity index (χ0) is 17.6. The Morgan fingerprint density at radius 1 is 1.32 bits per heavy atom. The maximum absolute atomic E-state index is 13.2. The van der Waals surface area contributed by atoms with Gasteiger partial charge in [0, 0.05) is 37.3 Å². The summed E-state index contributed by atoms with van der Waals surface area (Å²) in [4.78, 5) is 7.68. The minimum absolute atomic E-state index is 0. The molecule has 25 heavy (non-hydrogen) atoms. The molecule has 0 radical (unpaired) electrons. The first kappa shape index (κ1) is 21.7. The largest absolute Gasteiger partial charge is 0.377 e. The van der Waals surface area contributed by atoms with Gasteiger partial charge in [0.15, 0.2) is 5.96 Å². The predicted molar refractivity (Wildman–Crippen MR) is 112 cm³/mol. The first-order valence-electron chi connectivity index (χ1n) is 8.28. The number of guanidine groups is 1. The van der Waals surface area contributed by atoms with Gasteiger partial charge in [-0.05, 0) is 51.0 Å². The van der Waals surface area contributed by atoms with Gasteiger partial charge in [0.1, 0.15) is 5.82 Å². The fourth-order valence-corrected chi connectivity index (χ4v) is 2.36. The van der Waals surface area contributed by atoms with E-state index in [2.05, 4.69) is 20.6 Å². The zero-order valence-electron chi connectivity index (χ0n) is 15.3. The molecule has 0 fully saturated rings. The van der Waals surface area contributed by atoms with Gasteiger partial charge in [-0.15, -0.1) is 24.0 Å². The molecule has 0 spiro atoms. The van der Waals surface area contributed by atoms with Crippen molar-refractivity contribution in [2.45, 2.75) is 32.8 Å². The Balaban J connectivity index is 0.00000312. The second-order valence-electron chi connectivity index (χ2n) is 6.34. The molecule has 3 N–H and O–H groups in total. The number of hydrogen-bond donors (Lipinski definition) is 3. The average Bonchev–Trinajstić information content (AvgIpc) is 2.95. The molecule has 1 aromatic carbocycles. The second-order valence-corrected chi connectivity index (χ2v) is 6.34. The number of nitrogens with one attached hydrogen (secondary N) is 3. The molecule has 2 rings (SSSR count). The van der Waals surface area contributed by atoms with E-state index in [0.717, 1.165) is 41.9 Å². The van der Waals surface area contributed by atoms with Gasteiger partial charge >= 0.3 is 0 Å². The summed E-state index contributed by atoms with van der Waals surface area (Å²) in [7, 11) is 1.69. The Labute approximate surface area is 165 Å². The summed E-state index contributed by atoms with van der Waals surface area (Å²) >= 11 is 0. The number of ether oxygens (including phenoxy) is 1. The number of fused-ring (bicyclic) bond motifs is 1. The molecule has 0 amide bonds. The molecular weight excluding hydrogens is 434 g/mol. The molecule has 0 bridgehead atoms. The standard InChI is InChI=1S/C18H27FN4O.HI/c1-5-20-17(23-12-18(2,3)24-4)21-9-8-13-11-22-16-10-14(19)6-7-15(13)16;/h6-7,10-11,22H,5,8-9,12H2,1-4H3,(H2,20,21,23);1H. The van der Waals surface area contributed by atoms with E-state index in [1.807, 2.05) is 33.0 Å². The van der Waals surface area contributed by atoms with Gasteiger partial charge in [-0.1, -0.05) is 0 Å². The summed E-state index contributed by atoms with van der Waals surface area (Å²) in [5.41, 5.74) is 1.70.